The summed E-state index contributed by atoms with van der Waals surface area (Å²) in [7, 11) is 2.02. The Balaban J connectivity index is 2.36. The molecule has 0 heterocycles. The van der Waals surface area contributed by atoms with Crippen LogP contribution in [0.5, 0.6) is 0 Å². The van der Waals surface area contributed by atoms with Crippen molar-refractivity contribution in [1.82, 2.24) is 4.90 Å². The number of carbonyl (C=O) groups is 1. The van der Waals surface area contributed by atoms with Crippen LogP contribution >= 0.6 is 0 Å². The van der Waals surface area contributed by atoms with E-state index in [1.807, 2.05) is 31.3 Å². The molecular formula is C13H15NO. The van der Waals surface area contributed by atoms with E-state index in [1.54, 1.807) is 6.08 Å². The number of ketones is 1. The molecule has 0 bridgehead atoms. The predicted octanol–water partition coefficient (Wildman–Crippen LogP) is 2.26. The number of benzene rings is 1. The fraction of sp³-hybridized carbons (Fsp3) is 0.308. The van der Waals surface area contributed by atoms with E-state index in [2.05, 4.69) is 11.8 Å². The predicted molar refractivity (Wildman–Crippen MR) is 60.9 cm³/mol. The summed E-state index contributed by atoms with van der Waals surface area (Å²) in [5.74, 6) is 0.132. The van der Waals surface area contributed by atoms with E-state index in [1.165, 1.54) is 0 Å². The van der Waals surface area contributed by atoms with Gasteiger partial charge in [0.25, 0.3) is 0 Å². The topological polar surface area (TPSA) is 20.3 Å². The lowest BCUT2D eigenvalue weighted by atomic mass is 9.93. The SMILES string of the molecule is CCN(C)C1=CC(=O)c2ccccc2C1. The first-order valence-corrected chi connectivity index (χ1v) is 5.26. The van der Waals surface area contributed by atoms with Crippen molar-refractivity contribution in [1.29, 1.82) is 0 Å². The standard InChI is InChI=1S/C13H15NO/c1-3-14(2)11-8-10-6-4-5-7-12(10)13(15)9-11/h4-7,9H,3,8H2,1-2H3. The maximum absolute atomic E-state index is 11.8. The Labute approximate surface area is 90.2 Å². The van der Waals surface area contributed by atoms with Gasteiger partial charge in [-0.3, -0.25) is 4.79 Å². The first-order chi connectivity index (χ1) is 7.22. The Kier molecular flexibility index (Phi) is 2.58. The van der Waals surface area contributed by atoms with Crippen LogP contribution in [-0.4, -0.2) is 24.3 Å². The van der Waals surface area contributed by atoms with Crippen molar-refractivity contribution in [2.45, 2.75) is 13.3 Å². The van der Waals surface area contributed by atoms with Crippen LogP contribution in [0.1, 0.15) is 22.8 Å². The number of hydrogen-bond acceptors (Lipinski definition) is 2. The largest absolute Gasteiger partial charge is 0.378 e. The monoisotopic (exact) mass is 201 g/mol. The lowest BCUT2D eigenvalue weighted by Gasteiger charge is -2.24. The molecule has 78 valence electrons. The number of allylic oxidation sites excluding steroid dienone is 2. The van der Waals surface area contributed by atoms with Crippen LogP contribution in [0.15, 0.2) is 36.0 Å². The summed E-state index contributed by atoms with van der Waals surface area (Å²) in [6.45, 7) is 3.02. The van der Waals surface area contributed by atoms with E-state index in [9.17, 15) is 4.79 Å². The summed E-state index contributed by atoms with van der Waals surface area (Å²) in [6.07, 6.45) is 2.62. The number of hydrogen-bond donors (Lipinski definition) is 0. The molecule has 0 aromatic heterocycles. The van der Waals surface area contributed by atoms with Crippen LogP contribution in [0.3, 0.4) is 0 Å². The Hall–Kier alpha value is -1.57. The van der Waals surface area contributed by atoms with E-state index in [0.29, 0.717) is 0 Å². The first-order valence-electron chi connectivity index (χ1n) is 5.26. The van der Waals surface area contributed by atoms with E-state index < -0.39 is 0 Å². The van der Waals surface area contributed by atoms with Gasteiger partial charge in [0, 0.05) is 37.3 Å². The highest BCUT2D eigenvalue weighted by atomic mass is 16.1. The Bertz CT molecular complexity index is 420. The second-order valence-electron chi connectivity index (χ2n) is 3.85. The molecule has 0 aliphatic heterocycles. The molecule has 1 aliphatic rings. The van der Waals surface area contributed by atoms with Crippen LogP contribution in [0, 0.1) is 0 Å². The van der Waals surface area contributed by atoms with Gasteiger partial charge in [-0.2, -0.15) is 0 Å². The molecule has 0 unspecified atom stereocenters. The molecule has 0 atom stereocenters. The molecule has 0 saturated carbocycles. The maximum atomic E-state index is 11.8. The quantitative estimate of drug-likeness (QED) is 0.731. The van der Waals surface area contributed by atoms with E-state index in [-0.39, 0.29) is 5.78 Å². The Morgan fingerprint density at radius 1 is 1.33 bits per heavy atom. The van der Waals surface area contributed by atoms with Crippen molar-refractivity contribution < 1.29 is 4.79 Å². The lowest BCUT2D eigenvalue weighted by molar-refractivity contribution is 0.104. The smallest absolute Gasteiger partial charge is 0.187 e. The third-order valence-corrected chi connectivity index (χ3v) is 2.92. The minimum Gasteiger partial charge on any atom is -0.378 e. The molecule has 2 nitrogen and oxygen atoms in total. The average Bonchev–Trinajstić information content (AvgIpc) is 2.28. The van der Waals surface area contributed by atoms with Crippen molar-refractivity contribution in [3.8, 4) is 0 Å². The van der Waals surface area contributed by atoms with Gasteiger partial charge in [-0.15, -0.1) is 0 Å². The van der Waals surface area contributed by atoms with Gasteiger partial charge in [-0.25, -0.2) is 0 Å². The summed E-state index contributed by atoms with van der Waals surface area (Å²) >= 11 is 0. The highest BCUT2D eigenvalue weighted by Gasteiger charge is 2.18. The minimum atomic E-state index is 0.132. The molecule has 0 spiro atoms. The second-order valence-corrected chi connectivity index (χ2v) is 3.85. The second kappa shape index (κ2) is 3.89. The molecule has 1 aromatic carbocycles. The Morgan fingerprint density at radius 2 is 2.07 bits per heavy atom. The van der Waals surface area contributed by atoms with E-state index in [4.69, 9.17) is 0 Å². The highest BCUT2D eigenvalue weighted by Crippen LogP contribution is 2.22. The van der Waals surface area contributed by atoms with Gasteiger partial charge in [-0.05, 0) is 12.5 Å². The third-order valence-electron chi connectivity index (χ3n) is 2.92. The summed E-state index contributed by atoms with van der Waals surface area (Å²) in [4.78, 5) is 13.9. The number of fused-ring (bicyclic) bond motifs is 1. The van der Waals surface area contributed by atoms with E-state index in [0.717, 1.165) is 29.8 Å². The molecule has 2 rings (SSSR count). The molecule has 0 N–H and O–H groups in total. The van der Waals surface area contributed by atoms with Crippen LogP contribution < -0.4 is 0 Å². The van der Waals surface area contributed by atoms with Gasteiger partial charge in [0.05, 0.1) is 0 Å². The molecule has 0 saturated heterocycles. The number of likely N-dealkylation sites (N-methyl/N-ethyl adjacent to an activating group) is 1. The average molecular weight is 201 g/mol. The van der Waals surface area contributed by atoms with Crippen LogP contribution in [0.4, 0.5) is 0 Å². The lowest BCUT2D eigenvalue weighted by Crippen LogP contribution is -2.23. The summed E-state index contributed by atoms with van der Waals surface area (Å²) in [5, 5.41) is 0. The highest BCUT2D eigenvalue weighted by molar-refractivity contribution is 6.07. The molecule has 1 aliphatic carbocycles. The molecule has 0 amide bonds. The molecule has 1 aromatic rings. The summed E-state index contributed by atoms with van der Waals surface area (Å²) < 4.78 is 0. The number of carbonyl (C=O) groups excluding carboxylic acids is 1. The zero-order chi connectivity index (χ0) is 10.8. The van der Waals surface area contributed by atoms with Gasteiger partial charge in [0.1, 0.15) is 0 Å². The summed E-state index contributed by atoms with van der Waals surface area (Å²) in [5.41, 5.74) is 3.10. The number of rotatable bonds is 2. The summed E-state index contributed by atoms with van der Waals surface area (Å²) in [6, 6.07) is 7.83. The van der Waals surface area contributed by atoms with E-state index >= 15 is 0 Å². The third kappa shape index (κ3) is 1.80. The van der Waals surface area contributed by atoms with Crippen molar-refractivity contribution in [3.63, 3.8) is 0 Å². The van der Waals surface area contributed by atoms with Gasteiger partial charge in [0.15, 0.2) is 5.78 Å². The first kappa shape index (κ1) is 9.97. The molecule has 2 heteroatoms. The van der Waals surface area contributed by atoms with Crippen molar-refractivity contribution >= 4 is 5.78 Å². The van der Waals surface area contributed by atoms with Crippen molar-refractivity contribution in [2.24, 2.45) is 0 Å². The van der Waals surface area contributed by atoms with Gasteiger partial charge in [0.2, 0.25) is 0 Å². The maximum Gasteiger partial charge on any atom is 0.187 e. The fourth-order valence-electron chi connectivity index (χ4n) is 1.84. The van der Waals surface area contributed by atoms with Gasteiger partial charge in [-0.1, -0.05) is 24.3 Å². The zero-order valence-corrected chi connectivity index (χ0v) is 9.16. The zero-order valence-electron chi connectivity index (χ0n) is 9.16. The fourth-order valence-corrected chi connectivity index (χ4v) is 1.84. The minimum absolute atomic E-state index is 0.132. The molecular weight excluding hydrogens is 186 g/mol. The molecule has 15 heavy (non-hydrogen) atoms. The van der Waals surface area contributed by atoms with Crippen molar-refractivity contribution in [2.75, 3.05) is 13.6 Å². The molecule has 0 radical (unpaired) electrons. The van der Waals surface area contributed by atoms with Crippen LogP contribution in [-0.2, 0) is 6.42 Å². The van der Waals surface area contributed by atoms with Gasteiger partial charge < -0.3 is 4.90 Å². The van der Waals surface area contributed by atoms with Crippen LogP contribution in [0.25, 0.3) is 0 Å². The number of nitrogens with zero attached hydrogens (tertiary/aromatic N) is 1. The Morgan fingerprint density at radius 3 is 2.80 bits per heavy atom. The van der Waals surface area contributed by atoms with Crippen molar-refractivity contribution in [3.05, 3.63) is 47.2 Å². The molecule has 0 fully saturated rings. The van der Waals surface area contributed by atoms with Crippen LogP contribution in [0.2, 0.25) is 0 Å². The normalized spacial score (nSPS) is 14.5. The van der Waals surface area contributed by atoms with Gasteiger partial charge >= 0.3 is 0 Å².